The van der Waals surface area contributed by atoms with Gasteiger partial charge < -0.3 is 10.6 Å². The van der Waals surface area contributed by atoms with Gasteiger partial charge in [0.25, 0.3) is 0 Å². The molecule has 21 heavy (non-hydrogen) atoms. The third kappa shape index (κ3) is 4.05. The number of likely N-dealkylation sites (tertiary alicyclic amines) is 1. The van der Waals surface area contributed by atoms with E-state index in [4.69, 9.17) is 5.73 Å². The highest BCUT2D eigenvalue weighted by Crippen LogP contribution is 2.18. The van der Waals surface area contributed by atoms with Crippen LogP contribution < -0.4 is 5.73 Å². The van der Waals surface area contributed by atoms with E-state index < -0.39 is 0 Å². The first kappa shape index (κ1) is 16.0. The number of rotatable bonds is 5. The number of amides is 1. The lowest BCUT2D eigenvalue weighted by atomic mass is 10.0. The minimum Gasteiger partial charge on any atom is -0.340 e. The van der Waals surface area contributed by atoms with Crippen molar-refractivity contribution in [2.45, 2.75) is 38.9 Å². The van der Waals surface area contributed by atoms with Crippen LogP contribution in [0.5, 0.6) is 0 Å². The Morgan fingerprint density at radius 1 is 1.38 bits per heavy atom. The SMILES string of the molecule is CC(C)[C@H](N)C(=O)N1CC[C@@H](N(C)Cc2ccccc2)C1. The van der Waals surface area contributed by atoms with E-state index >= 15 is 0 Å². The first-order valence-electron chi connectivity index (χ1n) is 7.77. The fraction of sp³-hybridized carbons (Fsp3) is 0.588. The predicted molar refractivity (Wildman–Crippen MR) is 85.7 cm³/mol. The molecule has 1 amide bonds. The zero-order chi connectivity index (χ0) is 15.4. The van der Waals surface area contributed by atoms with Gasteiger partial charge >= 0.3 is 0 Å². The summed E-state index contributed by atoms with van der Waals surface area (Å²) < 4.78 is 0. The maximum Gasteiger partial charge on any atom is 0.239 e. The van der Waals surface area contributed by atoms with Crippen molar-refractivity contribution >= 4 is 5.91 Å². The number of benzene rings is 1. The molecule has 2 N–H and O–H groups in total. The Morgan fingerprint density at radius 3 is 2.67 bits per heavy atom. The largest absolute Gasteiger partial charge is 0.340 e. The van der Waals surface area contributed by atoms with Gasteiger partial charge in [0.05, 0.1) is 6.04 Å². The summed E-state index contributed by atoms with van der Waals surface area (Å²) in [7, 11) is 2.13. The van der Waals surface area contributed by atoms with Crippen molar-refractivity contribution in [2.24, 2.45) is 11.7 Å². The monoisotopic (exact) mass is 289 g/mol. The molecule has 116 valence electrons. The minimum absolute atomic E-state index is 0.0978. The Bertz CT molecular complexity index is 460. The molecule has 4 heteroatoms. The van der Waals surface area contributed by atoms with E-state index in [1.165, 1.54) is 5.56 Å². The first-order chi connectivity index (χ1) is 9.99. The third-order valence-electron chi connectivity index (χ3n) is 4.38. The first-order valence-corrected chi connectivity index (χ1v) is 7.77. The Kier molecular flexibility index (Phi) is 5.37. The molecular weight excluding hydrogens is 262 g/mol. The summed E-state index contributed by atoms with van der Waals surface area (Å²) in [5.74, 6) is 0.291. The molecule has 1 saturated heterocycles. The summed E-state index contributed by atoms with van der Waals surface area (Å²) in [5.41, 5.74) is 7.29. The molecule has 1 heterocycles. The minimum atomic E-state index is -0.372. The molecule has 1 aromatic rings. The number of nitrogens with zero attached hydrogens (tertiary/aromatic N) is 2. The molecule has 4 nitrogen and oxygen atoms in total. The van der Waals surface area contributed by atoms with Crippen LogP contribution in [-0.4, -0.2) is 47.9 Å². The normalized spacial score (nSPS) is 20.3. The van der Waals surface area contributed by atoms with Crippen molar-refractivity contribution in [3.8, 4) is 0 Å². The number of hydrogen-bond donors (Lipinski definition) is 1. The molecular formula is C17H27N3O. The van der Waals surface area contributed by atoms with E-state index in [1.54, 1.807) is 0 Å². The quantitative estimate of drug-likeness (QED) is 0.897. The molecule has 0 saturated carbocycles. The molecule has 1 aliphatic heterocycles. The third-order valence-corrected chi connectivity index (χ3v) is 4.38. The highest BCUT2D eigenvalue weighted by atomic mass is 16.2. The Balaban J connectivity index is 1.88. The van der Waals surface area contributed by atoms with Crippen LogP contribution in [0.25, 0.3) is 0 Å². The van der Waals surface area contributed by atoms with Gasteiger partial charge in [-0.1, -0.05) is 44.2 Å². The lowest BCUT2D eigenvalue weighted by Crippen LogP contribution is -2.46. The van der Waals surface area contributed by atoms with Gasteiger partial charge in [0, 0.05) is 25.7 Å². The fourth-order valence-corrected chi connectivity index (χ4v) is 2.80. The molecule has 0 radical (unpaired) electrons. The molecule has 2 rings (SSSR count). The van der Waals surface area contributed by atoms with E-state index in [-0.39, 0.29) is 17.9 Å². The molecule has 2 atom stereocenters. The van der Waals surface area contributed by atoms with Crippen molar-refractivity contribution in [3.63, 3.8) is 0 Å². The van der Waals surface area contributed by atoms with Gasteiger partial charge in [-0.3, -0.25) is 9.69 Å². The maximum absolute atomic E-state index is 12.3. The van der Waals surface area contributed by atoms with Crippen LogP contribution in [0.15, 0.2) is 30.3 Å². The predicted octanol–water partition coefficient (Wildman–Crippen LogP) is 1.70. The summed E-state index contributed by atoms with van der Waals surface area (Å²) in [5, 5.41) is 0. The summed E-state index contributed by atoms with van der Waals surface area (Å²) >= 11 is 0. The van der Waals surface area contributed by atoms with E-state index in [9.17, 15) is 4.79 Å². The van der Waals surface area contributed by atoms with Gasteiger partial charge in [-0.2, -0.15) is 0 Å². The molecule has 0 bridgehead atoms. The van der Waals surface area contributed by atoms with Crippen LogP contribution in [0, 0.1) is 5.92 Å². The topological polar surface area (TPSA) is 49.6 Å². The van der Waals surface area contributed by atoms with Crippen LogP contribution in [0.3, 0.4) is 0 Å². The summed E-state index contributed by atoms with van der Waals surface area (Å²) in [6, 6.07) is 10.5. The molecule has 0 aliphatic carbocycles. The van der Waals surface area contributed by atoms with Crippen LogP contribution in [0.1, 0.15) is 25.8 Å². The van der Waals surface area contributed by atoms with Crippen molar-refractivity contribution in [1.82, 2.24) is 9.80 Å². The fourth-order valence-electron chi connectivity index (χ4n) is 2.80. The zero-order valence-corrected chi connectivity index (χ0v) is 13.3. The average Bonchev–Trinajstić information content (AvgIpc) is 2.96. The summed E-state index contributed by atoms with van der Waals surface area (Å²) in [6.07, 6.45) is 1.03. The van der Waals surface area contributed by atoms with Crippen molar-refractivity contribution < 1.29 is 4.79 Å². The highest BCUT2D eigenvalue weighted by Gasteiger charge is 2.32. The molecule has 1 fully saturated rings. The van der Waals surface area contributed by atoms with Gasteiger partial charge in [0.2, 0.25) is 5.91 Å². The summed E-state index contributed by atoms with van der Waals surface area (Å²) in [6.45, 7) is 6.53. The zero-order valence-electron chi connectivity index (χ0n) is 13.3. The van der Waals surface area contributed by atoms with Gasteiger partial charge in [0.15, 0.2) is 0 Å². The average molecular weight is 289 g/mol. The molecule has 0 unspecified atom stereocenters. The number of nitrogens with two attached hydrogens (primary N) is 1. The second-order valence-electron chi connectivity index (χ2n) is 6.40. The molecule has 0 spiro atoms. The second-order valence-corrected chi connectivity index (χ2v) is 6.40. The van der Waals surface area contributed by atoms with Gasteiger partial charge in [0.1, 0.15) is 0 Å². The van der Waals surface area contributed by atoms with Crippen molar-refractivity contribution in [2.75, 3.05) is 20.1 Å². The Labute approximate surface area is 127 Å². The van der Waals surface area contributed by atoms with Crippen LogP contribution in [0.2, 0.25) is 0 Å². The maximum atomic E-state index is 12.3. The van der Waals surface area contributed by atoms with E-state index in [0.29, 0.717) is 6.04 Å². The van der Waals surface area contributed by atoms with Gasteiger partial charge in [-0.15, -0.1) is 0 Å². The molecule has 1 aliphatic rings. The molecule has 1 aromatic carbocycles. The number of likely N-dealkylation sites (N-methyl/N-ethyl adjacent to an activating group) is 1. The van der Waals surface area contributed by atoms with E-state index in [1.807, 2.05) is 24.8 Å². The summed E-state index contributed by atoms with van der Waals surface area (Å²) in [4.78, 5) is 16.6. The molecule has 0 aromatic heterocycles. The van der Waals surface area contributed by atoms with Crippen LogP contribution in [-0.2, 0) is 11.3 Å². The Hall–Kier alpha value is -1.39. The van der Waals surface area contributed by atoms with Gasteiger partial charge in [-0.25, -0.2) is 0 Å². The smallest absolute Gasteiger partial charge is 0.239 e. The van der Waals surface area contributed by atoms with Gasteiger partial charge in [-0.05, 0) is 24.9 Å². The highest BCUT2D eigenvalue weighted by molar-refractivity contribution is 5.82. The number of hydrogen-bond acceptors (Lipinski definition) is 3. The van der Waals surface area contributed by atoms with Crippen LogP contribution >= 0.6 is 0 Å². The van der Waals surface area contributed by atoms with Crippen LogP contribution in [0.4, 0.5) is 0 Å². The van der Waals surface area contributed by atoms with Crippen molar-refractivity contribution in [1.29, 1.82) is 0 Å². The number of carbonyl (C=O) groups excluding carboxylic acids is 1. The second kappa shape index (κ2) is 7.05. The lowest BCUT2D eigenvalue weighted by molar-refractivity contribution is -0.132. The van der Waals surface area contributed by atoms with E-state index in [2.05, 4.69) is 36.2 Å². The standard InChI is InChI=1S/C17H27N3O/c1-13(2)16(18)17(21)20-10-9-15(12-20)19(3)11-14-7-5-4-6-8-14/h4-8,13,15-16H,9-12,18H2,1-3H3/t15-,16+/m1/s1. The number of carbonyl (C=O) groups is 1. The van der Waals surface area contributed by atoms with E-state index in [0.717, 1.165) is 26.1 Å². The Morgan fingerprint density at radius 2 is 2.05 bits per heavy atom. The van der Waals surface area contributed by atoms with Crippen molar-refractivity contribution in [3.05, 3.63) is 35.9 Å². The lowest BCUT2D eigenvalue weighted by Gasteiger charge is -2.26.